The van der Waals surface area contributed by atoms with Gasteiger partial charge in [0.15, 0.2) is 6.10 Å². The van der Waals surface area contributed by atoms with Crippen LogP contribution >= 0.6 is 0 Å². The first-order chi connectivity index (χ1) is 14.0. The number of carbonyl (C=O) groups is 2. The fraction of sp³-hybridized carbons (Fsp3) is 0.318. The van der Waals surface area contributed by atoms with Crippen molar-refractivity contribution in [2.75, 3.05) is 23.3 Å². The van der Waals surface area contributed by atoms with Gasteiger partial charge in [-0.1, -0.05) is 25.1 Å². The summed E-state index contributed by atoms with van der Waals surface area (Å²) < 4.78 is 5.88. The summed E-state index contributed by atoms with van der Waals surface area (Å²) in [7, 11) is 0. The summed E-state index contributed by atoms with van der Waals surface area (Å²) in [5, 5.41) is 14.7. The third-order valence-corrected chi connectivity index (χ3v) is 4.75. The Balaban J connectivity index is 1.80. The second kappa shape index (κ2) is 9.11. The largest absolute Gasteiger partial charge is 0.477 e. The molecule has 0 bridgehead atoms. The Bertz CT molecular complexity index is 938. The molecule has 0 spiro atoms. The van der Waals surface area contributed by atoms with Crippen molar-refractivity contribution >= 4 is 23.2 Å². The number of benzene rings is 2. The van der Waals surface area contributed by atoms with Crippen molar-refractivity contribution < 1.29 is 14.3 Å². The van der Waals surface area contributed by atoms with Crippen molar-refractivity contribution in [2.45, 2.75) is 32.4 Å². The Labute approximate surface area is 170 Å². The molecule has 2 aromatic rings. The lowest BCUT2D eigenvalue weighted by Crippen LogP contribution is -2.54. The summed E-state index contributed by atoms with van der Waals surface area (Å²) >= 11 is 0. The van der Waals surface area contributed by atoms with Gasteiger partial charge in [-0.3, -0.25) is 9.59 Å². The van der Waals surface area contributed by atoms with Gasteiger partial charge in [-0.05, 0) is 43.7 Å². The second-order valence-corrected chi connectivity index (χ2v) is 6.88. The van der Waals surface area contributed by atoms with Crippen molar-refractivity contribution in [1.29, 1.82) is 5.26 Å². The van der Waals surface area contributed by atoms with Crippen molar-refractivity contribution in [3.05, 3.63) is 54.1 Å². The molecule has 1 aliphatic rings. The van der Waals surface area contributed by atoms with E-state index in [1.54, 1.807) is 37.3 Å². The molecule has 0 aliphatic carbocycles. The first-order valence-electron chi connectivity index (χ1n) is 9.64. The maximum absolute atomic E-state index is 12.9. The van der Waals surface area contributed by atoms with Crippen LogP contribution in [0.3, 0.4) is 0 Å². The summed E-state index contributed by atoms with van der Waals surface area (Å²) in [6, 6.07) is 15.6. The lowest BCUT2D eigenvalue weighted by Gasteiger charge is -2.38. The molecule has 2 N–H and O–H groups in total. The van der Waals surface area contributed by atoms with E-state index in [4.69, 9.17) is 10.00 Å². The molecule has 0 aromatic heterocycles. The van der Waals surface area contributed by atoms with Gasteiger partial charge in [0.2, 0.25) is 5.91 Å². The normalized spacial score (nSPS) is 16.0. The highest BCUT2D eigenvalue weighted by atomic mass is 16.5. The number of nitriles is 1. The van der Waals surface area contributed by atoms with E-state index in [0.717, 1.165) is 12.1 Å². The van der Waals surface area contributed by atoms with Crippen LogP contribution in [0.15, 0.2) is 48.5 Å². The number of para-hydroxylation sites is 2. The standard InChI is InChI=1S/C22H24N4O3/c1-3-11-24-22(28)20-14-26(18-9-4-5-10-19(18)29-20)15(2)21(27)25-17-8-6-7-16(12-17)13-23/h4-10,12,15,20H,3,11,14H2,1-2H3,(H,24,28)(H,25,27)/t15-,20+/m0/s1. The predicted octanol–water partition coefficient (Wildman–Crippen LogP) is 2.68. The van der Waals surface area contributed by atoms with Crippen molar-refractivity contribution in [1.82, 2.24) is 5.32 Å². The van der Waals surface area contributed by atoms with Gasteiger partial charge >= 0.3 is 0 Å². The van der Waals surface area contributed by atoms with Gasteiger partial charge < -0.3 is 20.3 Å². The first-order valence-corrected chi connectivity index (χ1v) is 9.64. The van der Waals surface area contributed by atoms with Crippen molar-refractivity contribution in [3.63, 3.8) is 0 Å². The highest BCUT2D eigenvalue weighted by Gasteiger charge is 2.34. The summed E-state index contributed by atoms with van der Waals surface area (Å²) in [4.78, 5) is 27.2. The Morgan fingerprint density at radius 3 is 2.83 bits per heavy atom. The fourth-order valence-electron chi connectivity index (χ4n) is 3.18. The molecule has 0 radical (unpaired) electrons. The van der Waals surface area contributed by atoms with Crippen LogP contribution in [0.25, 0.3) is 0 Å². The lowest BCUT2D eigenvalue weighted by atomic mass is 10.1. The minimum atomic E-state index is -0.700. The molecule has 1 heterocycles. The van der Waals surface area contributed by atoms with Crippen molar-refractivity contribution in [2.24, 2.45) is 0 Å². The van der Waals surface area contributed by atoms with E-state index in [1.165, 1.54) is 0 Å². The first kappa shape index (κ1) is 20.2. The summed E-state index contributed by atoms with van der Waals surface area (Å²) in [6.07, 6.45) is 0.132. The summed E-state index contributed by atoms with van der Waals surface area (Å²) in [6.45, 7) is 4.61. The van der Waals surface area contributed by atoms with Crippen LogP contribution < -0.4 is 20.3 Å². The molecule has 0 unspecified atom stereocenters. The molecule has 0 saturated carbocycles. The highest BCUT2D eigenvalue weighted by Crippen LogP contribution is 2.34. The zero-order valence-corrected chi connectivity index (χ0v) is 16.5. The number of nitrogens with one attached hydrogen (secondary N) is 2. The molecular weight excluding hydrogens is 368 g/mol. The van der Waals surface area contributed by atoms with Gasteiger partial charge in [0, 0.05) is 12.2 Å². The van der Waals surface area contributed by atoms with E-state index in [1.807, 2.05) is 30.0 Å². The van der Waals surface area contributed by atoms with Gasteiger partial charge in [-0.25, -0.2) is 0 Å². The van der Waals surface area contributed by atoms with E-state index in [-0.39, 0.29) is 18.4 Å². The zero-order valence-electron chi connectivity index (χ0n) is 16.5. The summed E-state index contributed by atoms with van der Waals surface area (Å²) in [5.41, 5.74) is 1.79. The number of anilines is 2. The lowest BCUT2D eigenvalue weighted by molar-refractivity contribution is -0.128. The third-order valence-electron chi connectivity index (χ3n) is 4.75. The van der Waals surface area contributed by atoms with Crippen LogP contribution in [0.4, 0.5) is 11.4 Å². The molecular formula is C22H24N4O3. The van der Waals surface area contributed by atoms with Gasteiger partial charge in [0.25, 0.3) is 5.91 Å². The van der Waals surface area contributed by atoms with E-state index in [0.29, 0.717) is 23.5 Å². The predicted molar refractivity (Wildman–Crippen MR) is 111 cm³/mol. The summed E-state index contributed by atoms with van der Waals surface area (Å²) in [5.74, 6) is 0.145. The second-order valence-electron chi connectivity index (χ2n) is 6.88. The molecule has 0 fully saturated rings. The molecule has 7 heteroatoms. The van der Waals surface area contributed by atoms with Gasteiger partial charge in [-0.15, -0.1) is 0 Å². The Kier molecular flexibility index (Phi) is 6.35. The molecule has 29 heavy (non-hydrogen) atoms. The monoisotopic (exact) mass is 392 g/mol. The maximum Gasteiger partial charge on any atom is 0.262 e. The third kappa shape index (κ3) is 4.66. The molecule has 2 aromatic carbocycles. The average molecular weight is 392 g/mol. The molecule has 0 saturated heterocycles. The smallest absolute Gasteiger partial charge is 0.262 e. The molecule has 7 nitrogen and oxygen atoms in total. The Morgan fingerprint density at radius 1 is 1.28 bits per heavy atom. The quantitative estimate of drug-likeness (QED) is 0.788. The van der Waals surface area contributed by atoms with Gasteiger partial charge in [0.05, 0.1) is 23.9 Å². The fourth-order valence-corrected chi connectivity index (χ4v) is 3.18. The highest BCUT2D eigenvalue weighted by molar-refractivity contribution is 5.97. The Hall–Kier alpha value is -3.53. The van der Waals surface area contributed by atoms with Crippen molar-refractivity contribution in [3.8, 4) is 11.8 Å². The van der Waals surface area contributed by atoms with Crippen LogP contribution in [0.5, 0.6) is 5.75 Å². The number of nitrogens with zero attached hydrogens (tertiary/aromatic N) is 2. The number of carbonyl (C=O) groups excluding carboxylic acids is 2. The Morgan fingerprint density at radius 2 is 2.07 bits per heavy atom. The number of hydrogen-bond acceptors (Lipinski definition) is 5. The van der Waals surface area contributed by atoms with Crippen LogP contribution in [-0.2, 0) is 9.59 Å². The minimum absolute atomic E-state index is 0.194. The number of ether oxygens (including phenoxy) is 1. The van der Waals surface area contributed by atoms with E-state index >= 15 is 0 Å². The number of rotatable bonds is 6. The maximum atomic E-state index is 12.9. The van der Waals surface area contributed by atoms with E-state index < -0.39 is 12.1 Å². The van der Waals surface area contributed by atoms with Crippen LogP contribution in [-0.4, -0.2) is 37.0 Å². The number of hydrogen-bond donors (Lipinski definition) is 2. The van der Waals surface area contributed by atoms with E-state index in [2.05, 4.69) is 16.7 Å². The molecule has 2 atom stereocenters. The van der Waals surface area contributed by atoms with Crippen LogP contribution in [0, 0.1) is 11.3 Å². The molecule has 150 valence electrons. The topological polar surface area (TPSA) is 94.5 Å². The molecule has 1 aliphatic heterocycles. The molecule has 3 rings (SSSR count). The van der Waals surface area contributed by atoms with Crippen LogP contribution in [0.1, 0.15) is 25.8 Å². The number of fused-ring (bicyclic) bond motifs is 1. The zero-order chi connectivity index (χ0) is 20.8. The SMILES string of the molecule is CCCNC(=O)[C@H]1CN([C@@H](C)C(=O)Nc2cccc(C#N)c2)c2ccccc2O1. The van der Waals surface area contributed by atoms with Gasteiger partial charge in [-0.2, -0.15) is 5.26 Å². The number of amides is 2. The van der Waals surface area contributed by atoms with Crippen LogP contribution in [0.2, 0.25) is 0 Å². The van der Waals surface area contributed by atoms with E-state index in [9.17, 15) is 9.59 Å². The van der Waals surface area contributed by atoms with Gasteiger partial charge in [0.1, 0.15) is 11.8 Å². The average Bonchev–Trinajstić information content (AvgIpc) is 2.76. The minimum Gasteiger partial charge on any atom is -0.477 e. The molecule has 2 amide bonds.